The topological polar surface area (TPSA) is 63.4 Å². The second kappa shape index (κ2) is 20.0. The number of nitrogens with zero attached hydrogens (tertiary/aromatic N) is 5. The molecule has 3 aliphatic carbocycles. The fourth-order valence-electron chi connectivity index (χ4n) is 9.95. The van der Waals surface area contributed by atoms with E-state index in [4.69, 9.17) is 24.9 Å². The Bertz CT molecular complexity index is 3040. The zero-order valence-electron chi connectivity index (χ0n) is 38.7. The molecule has 1 unspecified atom stereocenters. The first-order valence-corrected chi connectivity index (χ1v) is 24.1. The molecular formula is C62H57N5. The highest BCUT2D eigenvalue weighted by Gasteiger charge is 2.36. The second-order valence-corrected chi connectivity index (χ2v) is 18.2. The summed E-state index contributed by atoms with van der Waals surface area (Å²) in [7, 11) is 0. The first-order chi connectivity index (χ1) is 33.0. The van der Waals surface area contributed by atoms with E-state index in [0.29, 0.717) is 17.5 Å². The lowest BCUT2D eigenvalue weighted by Crippen LogP contribution is -2.30. The number of amidine groups is 1. The van der Waals surface area contributed by atoms with E-state index in [1.165, 1.54) is 58.2 Å². The molecule has 1 atom stereocenters. The van der Waals surface area contributed by atoms with Crippen LogP contribution in [0.1, 0.15) is 105 Å². The van der Waals surface area contributed by atoms with Gasteiger partial charge in [-0.2, -0.15) is 0 Å². The summed E-state index contributed by atoms with van der Waals surface area (Å²) in [5.74, 6) is 2.81. The number of aliphatic imine (C=N–C) groups is 2. The van der Waals surface area contributed by atoms with Crippen LogP contribution >= 0.6 is 0 Å². The van der Waals surface area contributed by atoms with Crippen LogP contribution in [0.3, 0.4) is 0 Å². The van der Waals surface area contributed by atoms with Crippen molar-refractivity contribution in [2.75, 3.05) is 0 Å². The van der Waals surface area contributed by atoms with Crippen molar-refractivity contribution >= 4 is 17.1 Å². The van der Waals surface area contributed by atoms with Gasteiger partial charge in [-0.25, -0.2) is 19.9 Å². The van der Waals surface area contributed by atoms with Crippen molar-refractivity contribution in [1.82, 2.24) is 15.0 Å². The first-order valence-electron chi connectivity index (χ1n) is 24.1. The molecule has 0 bridgehead atoms. The minimum atomic E-state index is -0.0801. The summed E-state index contributed by atoms with van der Waals surface area (Å²) in [6.07, 6.45) is 23.3. The van der Waals surface area contributed by atoms with E-state index < -0.39 is 0 Å². The van der Waals surface area contributed by atoms with Gasteiger partial charge >= 0.3 is 0 Å². The monoisotopic (exact) mass is 871 g/mol. The van der Waals surface area contributed by atoms with Crippen LogP contribution in [0.5, 0.6) is 0 Å². The van der Waals surface area contributed by atoms with Crippen LogP contribution in [0.15, 0.2) is 210 Å². The van der Waals surface area contributed by atoms with Crippen molar-refractivity contribution in [3.8, 4) is 45.3 Å². The SMILES string of the molecule is C/C(=N\C(=N/C(C)c1ccc(C2(c3ccc(-c4nc(-c5ccccc5)nc(-c5cccc(C6=CC=CCC6)c5)n4)cc3)CCCCC2)cc1)C1=CCCC=C1)c1cccc(-c2ccccc2)c1. The summed E-state index contributed by atoms with van der Waals surface area (Å²) >= 11 is 0. The minimum absolute atomic E-state index is 0.0796. The van der Waals surface area contributed by atoms with Gasteiger partial charge in [0.15, 0.2) is 23.3 Å². The van der Waals surface area contributed by atoms with Crippen molar-refractivity contribution < 1.29 is 0 Å². The number of allylic oxidation sites excluding steroid dienone is 6. The minimum Gasteiger partial charge on any atom is -0.258 e. The van der Waals surface area contributed by atoms with Crippen molar-refractivity contribution in [2.45, 2.75) is 83.1 Å². The van der Waals surface area contributed by atoms with E-state index in [-0.39, 0.29) is 11.5 Å². The zero-order chi connectivity index (χ0) is 45.4. The van der Waals surface area contributed by atoms with Crippen LogP contribution in [-0.4, -0.2) is 26.5 Å². The Kier molecular flexibility index (Phi) is 13.0. The Labute approximate surface area is 396 Å². The molecule has 5 nitrogen and oxygen atoms in total. The molecular weight excluding hydrogens is 815 g/mol. The average molecular weight is 872 g/mol. The standard InChI is InChI=1S/C62H57N5/c1-44(63-58(49-24-12-5-13-25-49)64-45(2)52-28-18-29-53(42-52)47-20-8-3-9-21-47)46-32-36-56(37-33-46)62(40-16-7-17-41-62)57-38-34-51(35-39-57)60-65-59(50-26-14-6-15-27-50)66-61(67-60)55-31-19-30-54(43-55)48-22-10-4-11-23-48/h3-4,6,8-10,12,14-15,18-22,24-39,42-44H,5,7,11,13,16-17,23,40-41H2,1-2H3/b63-58-,64-45+. The zero-order valence-corrected chi connectivity index (χ0v) is 38.7. The van der Waals surface area contributed by atoms with Crippen LogP contribution in [0.4, 0.5) is 0 Å². The van der Waals surface area contributed by atoms with Crippen molar-refractivity contribution in [3.05, 3.63) is 228 Å². The predicted octanol–water partition coefficient (Wildman–Crippen LogP) is 15.8. The number of aromatic nitrogens is 3. The molecule has 3 aliphatic rings. The molecule has 1 fully saturated rings. The van der Waals surface area contributed by atoms with Crippen LogP contribution < -0.4 is 0 Å². The van der Waals surface area contributed by atoms with Crippen molar-refractivity contribution in [3.63, 3.8) is 0 Å². The molecule has 0 radical (unpaired) electrons. The molecule has 0 amide bonds. The summed E-state index contributed by atoms with van der Waals surface area (Å²) < 4.78 is 0. The molecule has 0 N–H and O–H groups in total. The Morgan fingerprint density at radius 2 is 1.16 bits per heavy atom. The molecule has 0 saturated heterocycles. The van der Waals surface area contributed by atoms with E-state index in [1.54, 1.807) is 0 Å². The number of benzene rings is 6. The lowest BCUT2D eigenvalue weighted by molar-refractivity contribution is 0.346. The van der Waals surface area contributed by atoms with E-state index in [0.717, 1.165) is 77.9 Å². The van der Waals surface area contributed by atoms with E-state index in [9.17, 15) is 0 Å². The predicted molar refractivity (Wildman–Crippen MR) is 279 cm³/mol. The average Bonchev–Trinajstić information content (AvgIpc) is 3.42. The van der Waals surface area contributed by atoms with Gasteiger partial charge in [-0.3, -0.25) is 4.99 Å². The highest BCUT2D eigenvalue weighted by molar-refractivity contribution is 6.12. The molecule has 1 heterocycles. The van der Waals surface area contributed by atoms with E-state index in [2.05, 4.69) is 190 Å². The smallest absolute Gasteiger partial charge is 0.164 e. The maximum Gasteiger partial charge on any atom is 0.164 e. The molecule has 0 aliphatic heterocycles. The number of hydrogen-bond donors (Lipinski definition) is 0. The summed E-state index contributed by atoms with van der Waals surface area (Å²) in [6, 6.07) is 56.4. The quantitative estimate of drug-likeness (QED) is 0.0961. The molecule has 330 valence electrons. The Morgan fingerprint density at radius 1 is 0.552 bits per heavy atom. The van der Waals surface area contributed by atoms with E-state index >= 15 is 0 Å². The third-order valence-corrected chi connectivity index (χ3v) is 13.8. The third-order valence-electron chi connectivity index (χ3n) is 13.8. The summed E-state index contributed by atoms with van der Waals surface area (Å²) in [5, 5.41) is 0. The number of rotatable bonds is 11. The van der Waals surface area contributed by atoms with E-state index in [1.807, 2.05) is 18.2 Å². The fourth-order valence-corrected chi connectivity index (χ4v) is 9.95. The lowest BCUT2D eigenvalue weighted by Gasteiger charge is -2.39. The Balaban J connectivity index is 0.943. The van der Waals surface area contributed by atoms with Gasteiger partial charge in [0.25, 0.3) is 0 Å². The molecule has 1 saturated carbocycles. The van der Waals surface area contributed by atoms with Crippen molar-refractivity contribution in [1.29, 1.82) is 0 Å². The number of hydrogen-bond acceptors (Lipinski definition) is 4. The lowest BCUT2D eigenvalue weighted by atomic mass is 9.65. The maximum atomic E-state index is 5.34. The van der Waals surface area contributed by atoms with Gasteiger partial charge in [0, 0.05) is 33.4 Å². The maximum absolute atomic E-state index is 5.34. The summed E-state index contributed by atoms with van der Waals surface area (Å²) in [5.41, 5.74) is 14.8. The largest absolute Gasteiger partial charge is 0.258 e. The van der Waals surface area contributed by atoms with Crippen molar-refractivity contribution in [2.24, 2.45) is 9.98 Å². The highest BCUT2D eigenvalue weighted by atomic mass is 15.0. The Hall–Kier alpha value is -7.37. The van der Waals surface area contributed by atoms with Gasteiger partial charge in [-0.1, -0.05) is 201 Å². The normalized spacial score (nSPS) is 16.6. The molecule has 7 aromatic rings. The van der Waals surface area contributed by atoms with Gasteiger partial charge in [0.05, 0.1) is 6.04 Å². The van der Waals surface area contributed by atoms with Gasteiger partial charge in [0.2, 0.25) is 0 Å². The van der Waals surface area contributed by atoms with Crippen LogP contribution in [0.2, 0.25) is 0 Å². The van der Waals surface area contributed by atoms with Crippen LogP contribution in [0, 0.1) is 0 Å². The molecule has 67 heavy (non-hydrogen) atoms. The molecule has 6 aromatic carbocycles. The third kappa shape index (κ3) is 9.78. The Morgan fingerprint density at radius 3 is 1.84 bits per heavy atom. The van der Waals surface area contributed by atoms with Gasteiger partial charge in [0.1, 0.15) is 0 Å². The van der Waals surface area contributed by atoms with Crippen LogP contribution in [0.25, 0.3) is 50.9 Å². The summed E-state index contributed by atoms with van der Waals surface area (Å²) in [6.45, 7) is 4.29. The molecule has 1 aromatic heterocycles. The molecule has 5 heteroatoms. The highest BCUT2D eigenvalue weighted by Crippen LogP contribution is 2.46. The fraction of sp³-hybridized carbons (Fsp3) is 0.210. The van der Waals surface area contributed by atoms with Gasteiger partial charge in [-0.05, 0) is 109 Å². The van der Waals surface area contributed by atoms with Gasteiger partial charge in [-0.15, -0.1) is 0 Å². The second-order valence-electron chi connectivity index (χ2n) is 18.2. The first kappa shape index (κ1) is 43.5. The summed E-state index contributed by atoms with van der Waals surface area (Å²) in [4.78, 5) is 25.8. The molecule has 10 rings (SSSR count). The molecule has 0 spiro atoms. The van der Waals surface area contributed by atoms with Crippen LogP contribution in [-0.2, 0) is 5.41 Å². The van der Waals surface area contributed by atoms with Gasteiger partial charge < -0.3 is 0 Å².